The highest BCUT2D eigenvalue weighted by molar-refractivity contribution is 5.80. The van der Waals surface area contributed by atoms with Crippen LogP contribution in [-0.4, -0.2) is 36.7 Å². The minimum atomic E-state index is -0.917. The van der Waals surface area contributed by atoms with Gasteiger partial charge in [0, 0.05) is 29.9 Å². The van der Waals surface area contributed by atoms with E-state index in [-0.39, 0.29) is 24.8 Å². The Labute approximate surface area is 212 Å². The summed E-state index contributed by atoms with van der Waals surface area (Å²) >= 11 is 0. The largest absolute Gasteiger partial charge is 0.494 e. The molecular weight excluding hydrogens is 452 g/mol. The minimum Gasteiger partial charge on any atom is -0.494 e. The van der Waals surface area contributed by atoms with Crippen molar-refractivity contribution in [1.29, 1.82) is 0 Å². The number of piperidine rings is 1. The quantitative estimate of drug-likeness (QED) is 0.414. The lowest BCUT2D eigenvalue weighted by atomic mass is 9.95. The molecule has 2 N–H and O–H groups in total. The first-order valence-electron chi connectivity index (χ1n) is 12.7. The predicted octanol–water partition coefficient (Wildman–Crippen LogP) is 5.15. The van der Waals surface area contributed by atoms with E-state index in [1.54, 1.807) is 18.2 Å². The van der Waals surface area contributed by atoms with E-state index in [4.69, 9.17) is 4.74 Å². The van der Waals surface area contributed by atoms with Crippen molar-refractivity contribution in [2.45, 2.75) is 45.1 Å². The molecular formula is C30H34N2O4. The number of carbonyl (C=O) groups excluding carboxylic acids is 1. The van der Waals surface area contributed by atoms with Crippen LogP contribution in [0.5, 0.6) is 5.75 Å². The fraction of sp³-hybridized carbons (Fsp3) is 0.333. The Kier molecular flexibility index (Phi) is 8.61. The van der Waals surface area contributed by atoms with E-state index in [1.165, 1.54) is 24.9 Å². The van der Waals surface area contributed by atoms with Crippen LogP contribution in [0.25, 0.3) is 0 Å². The lowest BCUT2D eigenvalue weighted by Gasteiger charge is -2.33. The summed E-state index contributed by atoms with van der Waals surface area (Å²) in [5, 5.41) is 12.5. The number of carbonyl (C=O) groups is 2. The maximum Gasteiger partial charge on any atom is 0.307 e. The molecule has 0 aliphatic carbocycles. The number of anilines is 1. The third kappa shape index (κ3) is 6.45. The third-order valence-electron chi connectivity index (χ3n) is 6.52. The van der Waals surface area contributed by atoms with Crippen LogP contribution in [0, 0.1) is 0 Å². The second kappa shape index (κ2) is 12.2. The molecule has 188 valence electrons. The monoisotopic (exact) mass is 486 g/mol. The molecule has 0 bridgehead atoms. The highest BCUT2D eigenvalue weighted by atomic mass is 16.5. The molecule has 4 rings (SSSR count). The van der Waals surface area contributed by atoms with E-state index in [0.717, 1.165) is 29.8 Å². The fourth-order valence-corrected chi connectivity index (χ4v) is 4.85. The topological polar surface area (TPSA) is 78.9 Å². The molecule has 1 aliphatic heterocycles. The fourth-order valence-electron chi connectivity index (χ4n) is 4.85. The van der Waals surface area contributed by atoms with Crippen LogP contribution < -0.4 is 15.0 Å². The summed E-state index contributed by atoms with van der Waals surface area (Å²) in [5.74, 6) is -0.509. The molecule has 1 unspecified atom stereocenters. The SMILES string of the molecule is CCOc1cc(CC(=O)NC(c2ccccc2)c2ccccc2N2CCCCC2)ccc1CC(=O)O. The standard InChI is InChI=1S/C30H34N2O4/c1-2-36-27-19-22(15-16-24(27)21-29(34)35)20-28(33)31-30(23-11-5-3-6-12-23)25-13-7-8-14-26(25)32-17-9-4-10-18-32/h3,5-8,11-16,19,30H,2,4,9-10,17-18,20-21H2,1H3,(H,31,33)(H,34,35). The number of benzene rings is 3. The van der Waals surface area contributed by atoms with E-state index in [1.807, 2.05) is 43.3 Å². The van der Waals surface area contributed by atoms with Gasteiger partial charge in [-0.1, -0.05) is 60.7 Å². The third-order valence-corrected chi connectivity index (χ3v) is 6.52. The molecule has 6 heteroatoms. The molecule has 36 heavy (non-hydrogen) atoms. The molecule has 1 aliphatic rings. The highest BCUT2D eigenvalue weighted by Gasteiger charge is 2.23. The summed E-state index contributed by atoms with van der Waals surface area (Å²) in [4.78, 5) is 27.0. The van der Waals surface area contributed by atoms with Crippen LogP contribution in [0.2, 0.25) is 0 Å². The zero-order valence-corrected chi connectivity index (χ0v) is 20.8. The molecule has 6 nitrogen and oxygen atoms in total. The average Bonchev–Trinajstić information content (AvgIpc) is 2.90. The lowest BCUT2D eigenvalue weighted by Crippen LogP contribution is -2.34. The molecule has 1 saturated heterocycles. The number of nitrogens with zero attached hydrogens (tertiary/aromatic N) is 1. The van der Waals surface area contributed by atoms with E-state index in [2.05, 4.69) is 28.4 Å². The summed E-state index contributed by atoms with van der Waals surface area (Å²) in [6.07, 6.45) is 3.66. The smallest absolute Gasteiger partial charge is 0.307 e. The first-order valence-corrected chi connectivity index (χ1v) is 12.7. The number of rotatable bonds is 10. The lowest BCUT2D eigenvalue weighted by molar-refractivity contribution is -0.136. The van der Waals surface area contributed by atoms with E-state index < -0.39 is 5.97 Å². The Bertz CT molecular complexity index is 1170. The second-order valence-corrected chi connectivity index (χ2v) is 9.14. The zero-order chi connectivity index (χ0) is 25.3. The second-order valence-electron chi connectivity index (χ2n) is 9.14. The number of amides is 1. The zero-order valence-electron chi connectivity index (χ0n) is 20.8. The van der Waals surface area contributed by atoms with Gasteiger partial charge in [0.05, 0.1) is 25.5 Å². The number of carboxylic acid groups (broad SMARTS) is 1. The molecule has 1 atom stereocenters. The first kappa shape index (κ1) is 25.3. The number of carboxylic acids is 1. The number of aliphatic carboxylic acids is 1. The van der Waals surface area contributed by atoms with Gasteiger partial charge in [0.25, 0.3) is 0 Å². The van der Waals surface area contributed by atoms with Crippen molar-refractivity contribution in [2.75, 3.05) is 24.6 Å². The van der Waals surface area contributed by atoms with Gasteiger partial charge in [-0.3, -0.25) is 9.59 Å². The van der Waals surface area contributed by atoms with Crippen LogP contribution in [0.4, 0.5) is 5.69 Å². The minimum absolute atomic E-state index is 0.106. The molecule has 0 radical (unpaired) electrons. The predicted molar refractivity (Wildman–Crippen MR) is 142 cm³/mol. The summed E-state index contributed by atoms with van der Waals surface area (Å²) in [6.45, 7) is 4.32. The van der Waals surface area contributed by atoms with Gasteiger partial charge in [-0.15, -0.1) is 0 Å². The van der Waals surface area contributed by atoms with Crippen molar-refractivity contribution >= 4 is 17.6 Å². The summed E-state index contributed by atoms with van der Waals surface area (Å²) in [6, 6.07) is 23.4. The van der Waals surface area contributed by atoms with E-state index in [9.17, 15) is 14.7 Å². The van der Waals surface area contributed by atoms with Gasteiger partial charge in [0.1, 0.15) is 5.75 Å². The Hall–Kier alpha value is -3.80. The molecule has 0 spiro atoms. The van der Waals surface area contributed by atoms with Crippen molar-refractivity contribution < 1.29 is 19.4 Å². The van der Waals surface area contributed by atoms with Gasteiger partial charge in [-0.25, -0.2) is 0 Å². The maximum atomic E-state index is 13.3. The highest BCUT2D eigenvalue weighted by Crippen LogP contribution is 2.32. The van der Waals surface area contributed by atoms with Crippen molar-refractivity contribution in [3.63, 3.8) is 0 Å². The summed E-state index contributed by atoms with van der Waals surface area (Å²) in [5.41, 5.74) is 4.67. The van der Waals surface area contributed by atoms with Crippen LogP contribution in [0.3, 0.4) is 0 Å². The van der Waals surface area contributed by atoms with Crippen LogP contribution in [0.1, 0.15) is 54.5 Å². The van der Waals surface area contributed by atoms with Gasteiger partial charge < -0.3 is 20.1 Å². The molecule has 1 amide bonds. The maximum absolute atomic E-state index is 13.3. The Morgan fingerprint density at radius 3 is 2.39 bits per heavy atom. The van der Waals surface area contributed by atoms with E-state index in [0.29, 0.717) is 17.9 Å². The molecule has 0 saturated carbocycles. The van der Waals surface area contributed by atoms with Crippen LogP contribution in [0.15, 0.2) is 72.8 Å². The molecule has 0 aromatic heterocycles. The van der Waals surface area contributed by atoms with Gasteiger partial charge in [-0.2, -0.15) is 0 Å². The Morgan fingerprint density at radius 1 is 0.944 bits per heavy atom. The number of hydrogen-bond acceptors (Lipinski definition) is 4. The molecule has 3 aromatic carbocycles. The van der Waals surface area contributed by atoms with Crippen molar-refractivity contribution in [3.05, 3.63) is 95.1 Å². The number of nitrogens with one attached hydrogen (secondary N) is 1. The van der Waals surface area contributed by atoms with Gasteiger partial charge in [0.15, 0.2) is 0 Å². The number of ether oxygens (including phenoxy) is 1. The molecule has 1 heterocycles. The van der Waals surface area contributed by atoms with Gasteiger partial charge in [-0.05, 0) is 49.4 Å². The van der Waals surface area contributed by atoms with Crippen molar-refractivity contribution in [1.82, 2.24) is 5.32 Å². The Morgan fingerprint density at radius 2 is 1.67 bits per heavy atom. The first-order chi connectivity index (χ1) is 17.5. The summed E-state index contributed by atoms with van der Waals surface area (Å²) in [7, 11) is 0. The van der Waals surface area contributed by atoms with E-state index >= 15 is 0 Å². The number of para-hydroxylation sites is 1. The average molecular weight is 487 g/mol. The Balaban J connectivity index is 1.59. The van der Waals surface area contributed by atoms with Crippen molar-refractivity contribution in [2.24, 2.45) is 0 Å². The van der Waals surface area contributed by atoms with Crippen LogP contribution in [-0.2, 0) is 22.4 Å². The molecule has 1 fully saturated rings. The van der Waals surface area contributed by atoms with Crippen molar-refractivity contribution in [3.8, 4) is 5.75 Å². The normalized spacial score (nSPS) is 14.2. The van der Waals surface area contributed by atoms with Crippen LogP contribution >= 0.6 is 0 Å². The number of hydrogen-bond donors (Lipinski definition) is 2. The van der Waals surface area contributed by atoms with Gasteiger partial charge >= 0.3 is 5.97 Å². The molecule has 3 aromatic rings. The summed E-state index contributed by atoms with van der Waals surface area (Å²) < 4.78 is 5.66. The van der Waals surface area contributed by atoms with Gasteiger partial charge in [0.2, 0.25) is 5.91 Å².